The number of hydrogen-bond acceptors (Lipinski definition) is 6. The van der Waals surface area contributed by atoms with Gasteiger partial charge in [-0.25, -0.2) is 4.98 Å². The summed E-state index contributed by atoms with van der Waals surface area (Å²) in [6, 6.07) is 4.45. The van der Waals surface area contributed by atoms with Crippen LogP contribution in [-0.2, 0) is 22.6 Å². The molecule has 122 valence electrons. The number of pyridine rings is 1. The van der Waals surface area contributed by atoms with Gasteiger partial charge in [0.2, 0.25) is 0 Å². The molecule has 5 nitrogen and oxygen atoms in total. The standard InChI is InChI=1S/C17H21N3O2S/c1-2-13(10-18-5-1)12-22-15-4-3-14-17(15)21-8-7-20(14)11-16-19-6-9-23-16/h1-2,5-6,9-10,14-15,17H,3-4,7-8,11-12H2/t14-,15-,17-/m1/s1. The van der Waals surface area contributed by atoms with Gasteiger partial charge in [0, 0.05) is 36.6 Å². The number of nitrogens with zero attached hydrogens (tertiary/aromatic N) is 3. The van der Waals surface area contributed by atoms with Gasteiger partial charge in [0.05, 0.1) is 32.0 Å². The molecule has 0 N–H and O–H groups in total. The van der Waals surface area contributed by atoms with Crippen LogP contribution in [0.4, 0.5) is 0 Å². The van der Waals surface area contributed by atoms with E-state index in [0.29, 0.717) is 12.6 Å². The predicted molar refractivity (Wildman–Crippen MR) is 88.1 cm³/mol. The maximum atomic E-state index is 6.14. The molecule has 1 aliphatic heterocycles. The quantitative estimate of drug-likeness (QED) is 0.842. The Labute approximate surface area is 140 Å². The second-order valence-electron chi connectivity index (χ2n) is 6.09. The van der Waals surface area contributed by atoms with Gasteiger partial charge in [0.25, 0.3) is 0 Å². The molecule has 1 aliphatic carbocycles. The average molecular weight is 331 g/mol. The second-order valence-corrected chi connectivity index (χ2v) is 7.07. The maximum absolute atomic E-state index is 6.14. The molecule has 0 unspecified atom stereocenters. The van der Waals surface area contributed by atoms with Crippen LogP contribution in [0.5, 0.6) is 0 Å². The summed E-state index contributed by atoms with van der Waals surface area (Å²) in [5.41, 5.74) is 1.12. The zero-order valence-corrected chi connectivity index (χ0v) is 13.8. The molecule has 0 bridgehead atoms. The molecule has 2 aliphatic rings. The van der Waals surface area contributed by atoms with E-state index in [2.05, 4.69) is 20.9 Å². The molecule has 1 saturated heterocycles. The third-order valence-electron chi connectivity index (χ3n) is 4.66. The van der Waals surface area contributed by atoms with E-state index >= 15 is 0 Å². The molecule has 4 rings (SSSR count). The Hall–Kier alpha value is -1.34. The van der Waals surface area contributed by atoms with Crippen molar-refractivity contribution >= 4 is 11.3 Å². The first-order valence-corrected chi connectivity index (χ1v) is 9.02. The molecular weight excluding hydrogens is 310 g/mol. The Kier molecular flexibility index (Phi) is 4.66. The van der Waals surface area contributed by atoms with Gasteiger partial charge >= 0.3 is 0 Å². The second kappa shape index (κ2) is 7.05. The lowest BCUT2D eigenvalue weighted by atomic mass is 10.1. The van der Waals surface area contributed by atoms with Crippen LogP contribution in [0.3, 0.4) is 0 Å². The monoisotopic (exact) mass is 331 g/mol. The third-order valence-corrected chi connectivity index (χ3v) is 5.42. The number of fused-ring (bicyclic) bond motifs is 1. The van der Waals surface area contributed by atoms with Crippen molar-refractivity contribution in [3.05, 3.63) is 46.7 Å². The number of thiazole rings is 1. The summed E-state index contributed by atoms with van der Waals surface area (Å²) in [4.78, 5) is 11.1. The Morgan fingerprint density at radius 3 is 3.17 bits per heavy atom. The summed E-state index contributed by atoms with van der Waals surface area (Å²) in [6.07, 6.45) is 8.09. The summed E-state index contributed by atoms with van der Waals surface area (Å²) < 4.78 is 12.2. The van der Waals surface area contributed by atoms with Crippen LogP contribution in [0.1, 0.15) is 23.4 Å². The zero-order chi connectivity index (χ0) is 15.5. The van der Waals surface area contributed by atoms with E-state index in [0.717, 1.165) is 38.1 Å². The minimum atomic E-state index is 0.180. The third kappa shape index (κ3) is 3.45. The summed E-state index contributed by atoms with van der Waals surface area (Å²) in [5.74, 6) is 0. The molecular formula is C17H21N3O2S. The van der Waals surface area contributed by atoms with Crippen molar-refractivity contribution in [2.45, 2.75) is 44.2 Å². The Balaban J connectivity index is 1.37. The fourth-order valence-corrected chi connectivity index (χ4v) is 4.20. The van der Waals surface area contributed by atoms with Gasteiger partial charge in [-0.05, 0) is 24.5 Å². The van der Waals surface area contributed by atoms with Crippen molar-refractivity contribution in [2.24, 2.45) is 0 Å². The van der Waals surface area contributed by atoms with Crippen LogP contribution in [0.15, 0.2) is 36.1 Å². The van der Waals surface area contributed by atoms with Gasteiger partial charge in [0.1, 0.15) is 5.01 Å². The number of rotatable bonds is 5. The fourth-order valence-electron chi connectivity index (χ4n) is 3.56. The van der Waals surface area contributed by atoms with Crippen LogP contribution in [0.2, 0.25) is 0 Å². The minimum Gasteiger partial charge on any atom is -0.373 e. The lowest BCUT2D eigenvalue weighted by molar-refractivity contribution is -0.118. The van der Waals surface area contributed by atoms with Gasteiger partial charge in [-0.3, -0.25) is 9.88 Å². The van der Waals surface area contributed by atoms with Gasteiger partial charge < -0.3 is 9.47 Å². The van der Waals surface area contributed by atoms with Crippen LogP contribution < -0.4 is 0 Å². The molecule has 1 saturated carbocycles. The molecule has 2 fully saturated rings. The Morgan fingerprint density at radius 1 is 1.35 bits per heavy atom. The summed E-state index contributed by atoms with van der Waals surface area (Å²) in [6.45, 7) is 3.30. The predicted octanol–water partition coefficient (Wildman–Crippen LogP) is 2.49. The van der Waals surface area contributed by atoms with E-state index in [9.17, 15) is 0 Å². The van der Waals surface area contributed by atoms with E-state index in [1.807, 2.05) is 23.8 Å². The molecule has 3 heterocycles. The Bertz CT molecular complexity index is 608. The van der Waals surface area contributed by atoms with Gasteiger partial charge in [-0.1, -0.05) is 6.07 Å². The highest BCUT2D eigenvalue weighted by molar-refractivity contribution is 7.09. The average Bonchev–Trinajstić information content (AvgIpc) is 3.24. The van der Waals surface area contributed by atoms with E-state index in [1.54, 1.807) is 17.5 Å². The van der Waals surface area contributed by atoms with Crippen LogP contribution in [-0.4, -0.2) is 46.3 Å². The first kappa shape index (κ1) is 15.2. The fraction of sp³-hybridized carbons (Fsp3) is 0.529. The molecule has 23 heavy (non-hydrogen) atoms. The number of morpholine rings is 1. The zero-order valence-electron chi connectivity index (χ0n) is 13.0. The highest BCUT2D eigenvalue weighted by Gasteiger charge is 2.43. The molecule has 0 amide bonds. The number of ether oxygens (including phenoxy) is 2. The molecule has 0 spiro atoms. The van der Waals surface area contributed by atoms with Crippen molar-refractivity contribution in [3.63, 3.8) is 0 Å². The van der Waals surface area contributed by atoms with E-state index in [4.69, 9.17) is 9.47 Å². The summed E-state index contributed by atoms with van der Waals surface area (Å²) in [5, 5.41) is 3.23. The van der Waals surface area contributed by atoms with Crippen LogP contribution >= 0.6 is 11.3 Å². The number of aromatic nitrogens is 2. The van der Waals surface area contributed by atoms with Gasteiger partial charge in [-0.15, -0.1) is 11.3 Å². The topological polar surface area (TPSA) is 47.5 Å². The van der Waals surface area contributed by atoms with E-state index < -0.39 is 0 Å². The van der Waals surface area contributed by atoms with Gasteiger partial charge in [-0.2, -0.15) is 0 Å². The van der Waals surface area contributed by atoms with Crippen LogP contribution in [0, 0.1) is 0 Å². The lowest BCUT2D eigenvalue weighted by Crippen LogP contribution is -2.51. The molecule has 6 heteroatoms. The largest absolute Gasteiger partial charge is 0.373 e. The minimum absolute atomic E-state index is 0.180. The lowest BCUT2D eigenvalue weighted by Gasteiger charge is -2.38. The van der Waals surface area contributed by atoms with Crippen molar-refractivity contribution in [3.8, 4) is 0 Å². The first-order valence-electron chi connectivity index (χ1n) is 8.15. The summed E-state index contributed by atoms with van der Waals surface area (Å²) >= 11 is 1.73. The highest BCUT2D eigenvalue weighted by atomic mass is 32.1. The van der Waals surface area contributed by atoms with E-state index in [-0.39, 0.29) is 12.2 Å². The van der Waals surface area contributed by atoms with Crippen LogP contribution in [0.25, 0.3) is 0 Å². The number of hydrogen-bond donors (Lipinski definition) is 0. The smallest absolute Gasteiger partial charge is 0.107 e. The molecule has 2 aromatic rings. The molecule has 0 aromatic carbocycles. The first-order chi connectivity index (χ1) is 11.4. The van der Waals surface area contributed by atoms with Crippen molar-refractivity contribution in [2.75, 3.05) is 13.2 Å². The van der Waals surface area contributed by atoms with Gasteiger partial charge in [0.15, 0.2) is 0 Å². The SMILES string of the molecule is c1cncc(CO[C@@H]2CC[C@@H]3[C@H]2OCCN3Cc2nccs2)c1. The summed E-state index contributed by atoms with van der Waals surface area (Å²) in [7, 11) is 0. The van der Waals surface area contributed by atoms with E-state index in [1.165, 1.54) is 5.01 Å². The normalized spacial score (nSPS) is 27.9. The molecule has 3 atom stereocenters. The molecule has 0 radical (unpaired) electrons. The van der Waals surface area contributed by atoms with Crippen molar-refractivity contribution < 1.29 is 9.47 Å². The Morgan fingerprint density at radius 2 is 2.35 bits per heavy atom. The molecule has 2 aromatic heterocycles. The maximum Gasteiger partial charge on any atom is 0.107 e. The van der Waals surface area contributed by atoms with Crippen molar-refractivity contribution in [1.82, 2.24) is 14.9 Å². The highest BCUT2D eigenvalue weighted by Crippen LogP contribution is 2.33. The van der Waals surface area contributed by atoms with Crippen molar-refractivity contribution in [1.29, 1.82) is 0 Å².